The molecule has 0 heterocycles. The number of anilines is 1. The number of aliphatic hydroxyl groups excluding tert-OH is 1. The van der Waals surface area contributed by atoms with E-state index in [9.17, 15) is 9.90 Å². The third kappa shape index (κ3) is 7.01. The molecule has 1 aliphatic rings. The molecule has 0 spiro atoms. The van der Waals surface area contributed by atoms with Gasteiger partial charge >= 0.3 is 0 Å². The molecule has 1 amide bonds. The van der Waals surface area contributed by atoms with Gasteiger partial charge in [0.1, 0.15) is 18.5 Å². The van der Waals surface area contributed by atoms with E-state index in [1.54, 1.807) is 24.3 Å². The van der Waals surface area contributed by atoms with Gasteiger partial charge in [0.25, 0.3) is 0 Å². The molecule has 3 N–H and O–H groups in total. The second kappa shape index (κ2) is 9.53. The summed E-state index contributed by atoms with van der Waals surface area (Å²) in [7, 11) is 0. The van der Waals surface area contributed by atoms with Crippen LogP contribution in [-0.4, -0.2) is 36.3 Å². The fraction of sp³-hybridized carbons (Fsp3) is 0.611. The van der Waals surface area contributed by atoms with Gasteiger partial charge in [-0.1, -0.05) is 25.7 Å². The van der Waals surface area contributed by atoms with Crippen molar-refractivity contribution in [3.63, 3.8) is 0 Å². The molecular formula is C18H28N2O3. The van der Waals surface area contributed by atoms with Crippen molar-refractivity contribution in [3.8, 4) is 5.75 Å². The monoisotopic (exact) mass is 320 g/mol. The van der Waals surface area contributed by atoms with Crippen molar-refractivity contribution < 1.29 is 14.6 Å². The highest BCUT2D eigenvalue weighted by molar-refractivity contribution is 5.88. The molecule has 0 bridgehead atoms. The van der Waals surface area contributed by atoms with Crippen molar-refractivity contribution in [2.75, 3.05) is 18.5 Å². The average molecular weight is 320 g/mol. The van der Waals surface area contributed by atoms with E-state index in [0.29, 0.717) is 18.3 Å². The van der Waals surface area contributed by atoms with Crippen LogP contribution < -0.4 is 15.4 Å². The van der Waals surface area contributed by atoms with Crippen LogP contribution in [0.2, 0.25) is 0 Å². The zero-order valence-electron chi connectivity index (χ0n) is 13.9. The van der Waals surface area contributed by atoms with Crippen LogP contribution in [0.15, 0.2) is 24.3 Å². The highest BCUT2D eigenvalue weighted by atomic mass is 16.5. The Bertz CT molecular complexity index is 468. The van der Waals surface area contributed by atoms with Gasteiger partial charge in [-0.2, -0.15) is 0 Å². The molecule has 5 nitrogen and oxygen atoms in total. The zero-order valence-corrected chi connectivity index (χ0v) is 13.9. The number of benzene rings is 1. The van der Waals surface area contributed by atoms with Crippen molar-refractivity contribution >= 4 is 11.6 Å². The summed E-state index contributed by atoms with van der Waals surface area (Å²) in [6.45, 7) is 2.30. The number of rotatable bonds is 7. The molecular weight excluding hydrogens is 292 g/mol. The normalized spacial score (nSPS) is 17.3. The van der Waals surface area contributed by atoms with E-state index in [0.717, 1.165) is 5.69 Å². The number of hydrogen-bond donors (Lipinski definition) is 3. The lowest BCUT2D eigenvalue weighted by Crippen LogP contribution is -2.37. The maximum atomic E-state index is 11.0. The number of aliphatic hydroxyl groups is 1. The maximum absolute atomic E-state index is 11.0. The summed E-state index contributed by atoms with van der Waals surface area (Å²) >= 11 is 0. The molecule has 0 aromatic heterocycles. The minimum absolute atomic E-state index is 0.0984. The Morgan fingerprint density at radius 1 is 1.22 bits per heavy atom. The predicted octanol–water partition coefficient (Wildman–Crippen LogP) is 2.70. The number of carbonyl (C=O) groups excluding carboxylic acids is 1. The Balaban J connectivity index is 1.67. The van der Waals surface area contributed by atoms with Gasteiger partial charge in [-0.05, 0) is 37.1 Å². The third-order valence-corrected chi connectivity index (χ3v) is 4.11. The summed E-state index contributed by atoms with van der Waals surface area (Å²) in [6, 6.07) is 7.68. The highest BCUT2D eigenvalue weighted by Crippen LogP contribution is 2.18. The summed E-state index contributed by atoms with van der Waals surface area (Å²) in [5, 5.41) is 16.2. The summed E-state index contributed by atoms with van der Waals surface area (Å²) < 4.78 is 5.59. The molecule has 1 aromatic carbocycles. The second-order valence-corrected chi connectivity index (χ2v) is 6.27. The first kappa shape index (κ1) is 17.8. The van der Waals surface area contributed by atoms with Crippen LogP contribution in [0.1, 0.15) is 45.4 Å². The van der Waals surface area contributed by atoms with Gasteiger partial charge in [0, 0.05) is 25.2 Å². The fourth-order valence-electron chi connectivity index (χ4n) is 2.88. The Hall–Kier alpha value is -1.59. The van der Waals surface area contributed by atoms with Gasteiger partial charge in [0.15, 0.2) is 0 Å². The summed E-state index contributed by atoms with van der Waals surface area (Å²) in [6.07, 6.45) is 7.12. The van der Waals surface area contributed by atoms with E-state index < -0.39 is 6.10 Å². The first-order chi connectivity index (χ1) is 11.1. The van der Waals surface area contributed by atoms with Crippen LogP contribution in [-0.2, 0) is 4.79 Å². The number of ether oxygens (including phenoxy) is 1. The molecule has 2 rings (SSSR count). The molecule has 1 fully saturated rings. The number of carbonyl (C=O) groups is 1. The van der Waals surface area contributed by atoms with Gasteiger partial charge in [0.2, 0.25) is 5.91 Å². The van der Waals surface area contributed by atoms with Crippen molar-refractivity contribution in [2.24, 2.45) is 0 Å². The number of hydrogen-bond acceptors (Lipinski definition) is 4. The van der Waals surface area contributed by atoms with Crippen LogP contribution in [0, 0.1) is 0 Å². The Kier molecular flexibility index (Phi) is 7.36. The van der Waals surface area contributed by atoms with E-state index >= 15 is 0 Å². The van der Waals surface area contributed by atoms with Crippen LogP contribution in [0.4, 0.5) is 5.69 Å². The van der Waals surface area contributed by atoms with Crippen molar-refractivity contribution in [2.45, 2.75) is 57.6 Å². The quantitative estimate of drug-likeness (QED) is 0.676. The number of nitrogens with one attached hydrogen (secondary N) is 2. The smallest absolute Gasteiger partial charge is 0.221 e. The fourth-order valence-corrected chi connectivity index (χ4v) is 2.88. The molecule has 5 heteroatoms. The van der Waals surface area contributed by atoms with E-state index in [1.165, 1.54) is 45.4 Å². The van der Waals surface area contributed by atoms with Gasteiger partial charge in [-0.3, -0.25) is 4.79 Å². The van der Waals surface area contributed by atoms with Crippen molar-refractivity contribution in [1.29, 1.82) is 0 Å². The molecule has 1 saturated carbocycles. The van der Waals surface area contributed by atoms with Crippen LogP contribution in [0.5, 0.6) is 5.75 Å². The van der Waals surface area contributed by atoms with Crippen molar-refractivity contribution in [3.05, 3.63) is 24.3 Å². The lowest BCUT2D eigenvalue weighted by Gasteiger charge is -2.19. The lowest BCUT2D eigenvalue weighted by atomic mass is 10.1. The van der Waals surface area contributed by atoms with Crippen LogP contribution in [0.3, 0.4) is 0 Å². The van der Waals surface area contributed by atoms with Crippen molar-refractivity contribution in [1.82, 2.24) is 5.32 Å². The highest BCUT2D eigenvalue weighted by Gasteiger charge is 2.13. The van der Waals surface area contributed by atoms with Gasteiger partial charge in [0.05, 0.1) is 0 Å². The zero-order chi connectivity index (χ0) is 16.5. The SMILES string of the molecule is CC(=O)Nc1ccc(OCC(O)CNC2CCCCCC2)cc1. The lowest BCUT2D eigenvalue weighted by molar-refractivity contribution is -0.114. The largest absolute Gasteiger partial charge is 0.491 e. The Morgan fingerprint density at radius 3 is 2.48 bits per heavy atom. The molecule has 1 aromatic rings. The molecule has 0 saturated heterocycles. The predicted molar refractivity (Wildman–Crippen MR) is 91.7 cm³/mol. The van der Waals surface area contributed by atoms with Gasteiger partial charge < -0.3 is 20.5 Å². The first-order valence-electron chi connectivity index (χ1n) is 8.55. The topological polar surface area (TPSA) is 70.6 Å². The van der Waals surface area contributed by atoms with Crippen LogP contribution >= 0.6 is 0 Å². The standard InChI is InChI=1S/C18H28N2O3/c1-14(21)20-16-8-10-18(11-9-16)23-13-17(22)12-19-15-6-4-2-3-5-7-15/h8-11,15,17,19,22H,2-7,12-13H2,1H3,(H,20,21). The molecule has 1 unspecified atom stereocenters. The minimum atomic E-state index is -0.520. The minimum Gasteiger partial charge on any atom is -0.491 e. The maximum Gasteiger partial charge on any atom is 0.221 e. The van der Waals surface area contributed by atoms with E-state index in [4.69, 9.17) is 4.74 Å². The summed E-state index contributed by atoms with van der Waals surface area (Å²) in [5.41, 5.74) is 0.737. The summed E-state index contributed by atoms with van der Waals surface area (Å²) in [4.78, 5) is 11.0. The number of amides is 1. The Labute approximate surface area is 138 Å². The Morgan fingerprint density at radius 2 is 1.87 bits per heavy atom. The average Bonchev–Trinajstić information content (AvgIpc) is 2.80. The summed E-state index contributed by atoms with van der Waals surface area (Å²) in [5.74, 6) is 0.589. The molecule has 0 aliphatic heterocycles. The molecule has 1 aliphatic carbocycles. The van der Waals surface area contributed by atoms with E-state index in [1.807, 2.05) is 0 Å². The van der Waals surface area contributed by atoms with Gasteiger partial charge in [-0.15, -0.1) is 0 Å². The third-order valence-electron chi connectivity index (χ3n) is 4.11. The molecule has 128 valence electrons. The second-order valence-electron chi connectivity index (χ2n) is 6.27. The molecule has 1 atom stereocenters. The molecule has 0 radical (unpaired) electrons. The molecule has 23 heavy (non-hydrogen) atoms. The van der Waals surface area contributed by atoms with Crippen LogP contribution in [0.25, 0.3) is 0 Å². The van der Waals surface area contributed by atoms with E-state index in [-0.39, 0.29) is 12.5 Å². The van der Waals surface area contributed by atoms with Gasteiger partial charge in [-0.25, -0.2) is 0 Å². The van der Waals surface area contributed by atoms with E-state index in [2.05, 4.69) is 10.6 Å². The first-order valence-corrected chi connectivity index (χ1v) is 8.55.